The van der Waals surface area contributed by atoms with Crippen LogP contribution in [0.1, 0.15) is 16.7 Å². The number of hydrogen-bond acceptors (Lipinski definition) is 5. The van der Waals surface area contributed by atoms with Crippen LogP contribution in [0.3, 0.4) is 0 Å². The molecule has 1 aliphatic rings. The van der Waals surface area contributed by atoms with Gasteiger partial charge in [-0.25, -0.2) is 0 Å². The molecule has 2 aromatic heterocycles. The van der Waals surface area contributed by atoms with Gasteiger partial charge in [0.15, 0.2) is 0 Å². The molecule has 0 saturated carbocycles. The summed E-state index contributed by atoms with van der Waals surface area (Å²) < 4.78 is 7.21. The molecule has 0 spiro atoms. The van der Waals surface area contributed by atoms with Crippen molar-refractivity contribution in [3.05, 3.63) is 59.5 Å². The Morgan fingerprint density at radius 2 is 2.23 bits per heavy atom. The standard InChI is InChI=1S/C17H17N3OS/c1-2-4-17-13(3-1)9-14(22-17)11-20-7-8-21-16(12-20)15-10-18-5-6-19-15/h1-6,9-10,16H,7-8,11-12H2/t16-/m1/s1. The fraction of sp³-hybridized carbons (Fsp3) is 0.294. The van der Waals surface area contributed by atoms with Crippen LogP contribution < -0.4 is 0 Å². The van der Waals surface area contributed by atoms with E-state index in [9.17, 15) is 0 Å². The van der Waals surface area contributed by atoms with Crippen molar-refractivity contribution < 1.29 is 4.74 Å². The molecule has 5 heteroatoms. The normalized spacial score (nSPS) is 19.5. The number of aromatic nitrogens is 2. The van der Waals surface area contributed by atoms with Crippen LogP contribution in [-0.2, 0) is 11.3 Å². The fourth-order valence-corrected chi connectivity index (χ4v) is 3.94. The van der Waals surface area contributed by atoms with E-state index in [0.717, 1.165) is 31.9 Å². The zero-order chi connectivity index (χ0) is 14.8. The molecule has 1 fully saturated rings. The van der Waals surface area contributed by atoms with Gasteiger partial charge in [-0.2, -0.15) is 0 Å². The van der Waals surface area contributed by atoms with E-state index >= 15 is 0 Å². The zero-order valence-electron chi connectivity index (χ0n) is 12.2. The lowest BCUT2D eigenvalue weighted by atomic mass is 10.2. The molecule has 0 aliphatic carbocycles. The number of fused-ring (bicyclic) bond motifs is 1. The second-order valence-electron chi connectivity index (χ2n) is 5.48. The van der Waals surface area contributed by atoms with Gasteiger partial charge in [-0.05, 0) is 17.5 Å². The monoisotopic (exact) mass is 311 g/mol. The van der Waals surface area contributed by atoms with Gasteiger partial charge < -0.3 is 4.74 Å². The van der Waals surface area contributed by atoms with Crippen LogP contribution in [0.2, 0.25) is 0 Å². The minimum Gasteiger partial charge on any atom is -0.369 e. The molecule has 1 aromatic carbocycles. The van der Waals surface area contributed by atoms with Gasteiger partial charge in [0, 0.05) is 41.6 Å². The van der Waals surface area contributed by atoms with Crippen LogP contribution in [0.4, 0.5) is 0 Å². The van der Waals surface area contributed by atoms with E-state index in [1.165, 1.54) is 15.0 Å². The average molecular weight is 311 g/mol. The van der Waals surface area contributed by atoms with E-state index in [1.807, 2.05) is 11.3 Å². The summed E-state index contributed by atoms with van der Waals surface area (Å²) in [6.07, 6.45) is 5.25. The Hall–Kier alpha value is -1.82. The van der Waals surface area contributed by atoms with E-state index in [1.54, 1.807) is 18.6 Å². The molecule has 1 saturated heterocycles. The smallest absolute Gasteiger partial charge is 0.114 e. The Morgan fingerprint density at radius 3 is 3.09 bits per heavy atom. The molecule has 0 unspecified atom stereocenters. The van der Waals surface area contributed by atoms with Crippen molar-refractivity contribution in [2.75, 3.05) is 19.7 Å². The highest BCUT2D eigenvalue weighted by Crippen LogP contribution is 2.28. The van der Waals surface area contributed by atoms with E-state index in [-0.39, 0.29) is 6.10 Å². The SMILES string of the molecule is c1ccc2sc(CN3CCO[C@@H](c4cnccn4)C3)cc2c1. The first-order chi connectivity index (χ1) is 10.9. The summed E-state index contributed by atoms with van der Waals surface area (Å²) in [5.41, 5.74) is 0.920. The van der Waals surface area contributed by atoms with E-state index in [0.29, 0.717) is 0 Å². The number of ether oxygens (including phenoxy) is 1. The Balaban J connectivity index is 1.48. The Labute approximate surface area is 133 Å². The van der Waals surface area contributed by atoms with Crippen LogP contribution in [0, 0.1) is 0 Å². The third-order valence-corrected chi connectivity index (χ3v) is 5.02. The summed E-state index contributed by atoms with van der Waals surface area (Å²) >= 11 is 1.88. The van der Waals surface area contributed by atoms with Crippen molar-refractivity contribution in [2.45, 2.75) is 12.6 Å². The quantitative estimate of drug-likeness (QED) is 0.744. The summed E-state index contributed by atoms with van der Waals surface area (Å²) in [6, 6.07) is 10.9. The topological polar surface area (TPSA) is 38.2 Å². The van der Waals surface area contributed by atoms with Crippen LogP contribution >= 0.6 is 11.3 Å². The molecule has 3 aromatic rings. The predicted molar refractivity (Wildman–Crippen MR) is 87.8 cm³/mol. The first kappa shape index (κ1) is 13.8. The Morgan fingerprint density at radius 1 is 1.27 bits per heavy atom. The van der Waals surface area contributed by atoms with Gasteiger partial charge in [0.25, 0.3) is 0 Å². The van der Waals surface area contributed by atoms with Gasteiger partial charge in [0.1, 0.15) is 6.10 Å². The number of nitrogens with zero attached hydrogens (tertiary/aromatic N) is 3. The molecule has 3 heterocycles. The summed E-state index contributed by atoms with van der Waals surface area (Å²) in [5.74, 6) is 0. The summed E-state index contributed by atoms with van der Waals surface area (Å²) in [6.45, 7) is 3.55. The van der Waals surface area contributed by atoms with Crippen molar-refractivity contribution >= 4 is 21.4 Å². The number of benzene rings is 1. The number of thiophene rings is 1. The van der Waals surface area contributed by atoms with Gasteiger partial charge in [-0.3, -0.25) is 14.9 Å². The lowest BCUT2D eigenvalue weighted by Crippen LogP contribution is -2.37. The van der Waals surface area contributed by atoms with Crippen molar-refractivity contribution in [1.82, 2.24) is 14.9 Å². The minimum absolute atomic E-state index is 0.0248. The van der Waals surface area contributed by atoms with Gasteiger partial charge in [-0.1, -0.05) is 18.2 Å². The van der Waals surface area contributed by atoms with Crippen LogP contribution in [0.5, 0.6) is 0 Å². The maximum Gasteiger partial charge on any atom is 0.114 e. The van der Waals surface area contributed by atoms with Crippen molar-refractivity contribution in [1.29, 1.82) is 0 Å². The second-order valence-corrected chi connectivity index (χ2v) is 6.64. The highest BCUT2D eigenvalue weighted by molar-refractivity contribution is 7.19. The highest BCUT2D eigenvalue weighted by Gasteiger charge is 2.23. The highest BCUT2D eigenvalue weighted by atomic mass is 32.1. The van der Waals surface area contributed by atoms with Gasteiger partial charge in [0.05, 0.1) is 18.5 Å². The Kier molecular flexibility index (Phi) is 3.84. The van der Waals surface area contributed by atoms with Crippen LogP contribution in [0.15, 0.2) is 48.9 Å². The largest absolute Gasteiger partial charge is 0.369 e. The van der Waals surface area contributed by atoms with Crippen LogP contribution in [0.25, 0.3) is 10.1 Å². The van der Waals surface area contributed by atoms with Gasteiger partial charge >= 0.3 is 0 Å². The van der Waals surface area contributed by atoms with E-state index in [4.69, 9.17) is 4.74 Å². The van der Waals surface area contributed by atoms with E-state index < -0.39 is 0 Å². The molecule has 4 nitrogen and oxygen atoms in total. The van der Waals surface area contributed by atoms with E-state index in [2.05, 4.69) is 45.2 Å². The molecule has 1 aliphatic heterocycles. The molecule has 112 valence electrons. The third kappa shape index (κ3) is 2.88. The first-order valence-corrected chi connectivity index (χ1v) is 8.27. The van der Waals surface area contributed by atoms with Crippen molar-refractivity contribution in [3.8, 4) is 0 Å². The fourth-order valence-electron chi connectivity index (χ4n) is 2.84. The van der Waals surface area contributed by atoms with Crippen molar-refractivity contribution in [3.63, 3.8) is 0 Å². The maximum absolute atomic E-state index is 5.85. The molecule has 4 rings (SSSR count). The lowest BCUT2D eigenvalue weighted by molar-refractivity contribution is -0.0348. The lowest BCUT2D eigenvalue weighted by Gasteiger charge is -2.32. The maximum atomic E-state index is 5.85. The summed E-state index contributed by atoms with van der Waals surface area (Å²) in [7, 11) is 0. The van der Waals surface area contributed by atoms with Gasteiger partial charge in [-0.15, -0.1) is 11.3 Å². The molecule has 1 atom stereocenters. The number of rotatable bonds is 3. The second kappa shape index (κ2) is 6.12. The zero-order valence-corrected chi connectivity index (χ0v) is 13.0. The number of morpholine rings is 1. The summed E-state index contributed by atoms with van der Waals surface area (Å²) in [4.78, 5) is 12.3. The molecular formula is C17H17N3OS. The third-order valence-electron chi connectivity index (χ3n) is 3.92. The molecular weight excluding hydrogens is 294 g/mol. The van der Waals surface area contributed by atoms with Gasteiger partial charge in [0.2, 0.25) is 0 Å². The summed E-state index contributed by atoms with van der Waals surface area (Å²) in [5, 5.41) is 1.33. The molecule has 0 bridgehead atoms. The van der Waals surface area contributed by atoms with Crippen LogP contribution in [-0.4, -0.2) is 34.6 Å². The first-order valence-electron chi connectivity index (χ1n) is 7.46. The molecule has 22 heavy (non-hydrogen) atoms. The predicted octanol–water partition coefficient (Wildman–Crippen LogP) is 3.26. The molecule has 0 radical (unpaired) electrons. The molecule has 0 amide bonds. The number of hydrogen-bond donors (Lipinski definition) is 0. The Bertz CT molecular complexity index is 726. The average Bonchev–Trinajstić information content (AvgIpc) is 2.98. The van der Waals surface area contributed by atoms with Crippen molar-refractivity contribution in [2.24, 2.45) is 0 Å². The molecule has 0 N–H and O–H groups in total. The minimum atomic E-state index is 0.0248.